The lowest BCUT2D eigenvalue weighted by Gasteiger charge is -2.35. The van der Waals surface area contributed by atoms with Crippen molar-refractivity contribution >= 4 is 81.2 Å². The van der Waals surface area contributed by atoms with Gasteiger partial charge in [-0.1, -0.05) is 104 Å². The number of nitrogens with zero attached hydrogens (tertiary/aromatic N) is 4. The zero-order chi connectivity index (χ0) is 42.8. The molecule has 5 rings (SSSR count). The van der Waals surface area contributed by atoms with E-state index in [0.29, 0.717) is 41.3 Å². The number of ether oxygens (including phenoxy) is 3. The molecule has 1 aromatic heterocycles. The van der Waals surface area contributed by atoms with Crippen LogP contribution in [0.3, 0.4) is 0 Å². The Labute approximate surface area is 360 Å². The van der Waals surface area contributed by atoms with Gasteiger partial charge in [0, 0.05) is 18.6 Å². The molecule has 2 atom stereocenters. The number of halogens is 5. The van der Waals surface area contributed by atoms with Gasteiger partial charge in [-0.2, -0.15) is 4.68 Å². The van der Waals surface area contributed by atoms with E-state index in [9.17, 15) is 14.4 Å². The summed E-state index contributed by atoms with van der Waals surface area (Å²) in [5.74, 6) is 0.415. The number of rotatable bonds is 10. The second kappa shape index (κ2) is 21.5. The van der Waals surface area contributed by atoms with Gasteiger partial charge in [0.05, 0.1) is 51.9 Å². The molecule has 0 aliphatic carbocycles. The Hall–Kier alpha value is -3.45. The van der Waals surface area contributed by atoms with Crippen molar-refractivity contribution in [3.63, 3.8) is 0 Å². The van der Waals surface area contributed by atoms with Gasteiger partial charge in [0.25, 0.3) is 5.91 Å². The van der Waals surface area contributed by atoms with E-state index in [0.717, 1.165) is 33.6 Å². The van der Waals surface area contributed by atoms with E-state index >= 15 is 0 Å². The second-order valence-electron chi connectivity index (χ2n) is 14.5. The molecular formula is C41H51Cl5N4O7. The maximum Gasteiger partial charge on any atom is 0.442 e. The maximum atomic E-state index is 12.2. The van der Waals surface area contributed by atoms with E-state index in [1.165, 1.54) is 6.07 Å². The lowest BCUT2D eigenvalue weighted by atomic mass is 9.97. The molecule has 4 aromatic rings. The van der Waals surface area contributed by atoms with Gasteiger partial charge in [-0.15, -0.1) is 16.7 Å². The molecule has 0 saturated carbocycles. The molecule has 11 nitrogen and oxygen atoms in total. The van der Waals surface area contributed by atoms with Crippen molar-refractivity contribution in [3.05, 3.63) is 92.2 Å². The highest BCUT2D eigenvalue weighted by atomic mass is 35.5. The molecular weight excluding hydrogens is 838 g/mol. The number of anilines is 2. The number of methoxy groups -OCH3 is 1. The Kier molecular flexibility index (Phi) is 18.1. The minimum Gasteiger partial charge on any atom is -0.489 e. The first kappa shape index (κ1) is 47.9. The normalized spacial score (nSPS) is 14.1. The van der Waals surface area contributed by atoms with Crippen LogP contribution in [-0.4, -0.2) is 70.8 Å². The standard InChI is InChI=1S/C15H18Cl2N2O3.C15H22ClNO2.C11H11Cl2NO2/c1-8(2)21-12-7-11(9(16)6-10(12)17)19-14(20)22-13(18-19)15(3,4)5;1-5-13-8-6-7-11(2)15(13)17(14(18)9-16)12(3)10-19-4;1-7-6-16-9-5-3-2-4-8(9)14(7)11(15)10(12)13/h6-8H,1-5H3;6-8,12H,5,9-10H2,1-4H3;2-5,7,10H,6H2,1H3. The molecule has 1 aliphatic heterocycles. The summed E-state index contributed by atoms with van der Waals surface area (Å²) in [5, 5.41) is 4.88. The highest BCUT2D eigenvalue weighted by Crippen LogP contribution is 2.35. The van der Waals surface area contributed by atoms with E-state index in [4.69, 9.17) is 76.6 Å². The lowest BCUT2D eigenvalue weighted by molar-refractivity contribution is -0.118. The minimum atomic E-state index is -1.05. The summed E-state index contributed by atoms with van der Waals surface area (Å²) in [6, 6.07) is 16.4. The molecule has 0 fully saturated rings. The molecule has 57 heavy (non-hydrogen) atoms. The number of alkyl halides is 3. The number of hydrogen-bond donors (Lipinski definition) is 0. The van der Waals surface area contributed by atoms with Crippen molar-refractivity contribution in [1.29, 1.82) is 0 Å². The first-order chi connectivity index (χ1) is 26.8. The molecule has 0 saturated heterocycles. The Bertz CT molecular complexity index is 2030. The molecule has 2 heterocycles. The Morgan fingerprint density at radius 3 is 2.25 bits per heavy atom. The summed E-state index contributed by atoms with van der Waals surface area (Å²) in [5.41, 5.74) is 3.91. The predicted molar refractivity (Wildman–Crippen MR) is 231 cm³/mol. The average Bonchev–Trinajstić information content (AvgIpc) is 3.55. The van der Waals surface area contributed by atoms with Gasteiger partial charge in [-0.25, -0.2) is 4.79 Å². The van der Waals surface area contributed by atoms with E-state index in [2.05, 4.69) is 18.1 Å². The van der Waals surface area contributed by atoms with E-state index in [1.807, 2.05) is 91.8 Å². The van der Waals surface area contributed by atoms with E-state index in [-0.39, 0.29) is 46.3 Å². The fraction of sp³-hybridized carbons (Fsp3) is 0.463. The molecule has 2 unspecified atom stereocenters. The third-order valence-electron chi connectivity index (χ3n) is 8.43. The van der Waals surface area contributed by atoms with Crippen molar-refractivity contribution in [2.24, 2.45) is 0 Å². The van der Waals surface area contributed by atoms with Gasteiger partial charge in [0.2, 0.25) is 11.8 Å². The fourth-order valence-corrected chi connectivity index (χ4v) is 6.67. The van der Waals surface area contributed by atoms with Crippen LogP contribution in [0.2, 0.25) is 10.0 Å². The van der Waals surface area contributed by atoms with Crippen LogP contribution in [0.25, 0.3) is 5.69 Å². The molecule has 0 spiro atoms. The van der Waals surface area contributed by atoms with Crippen LogP contribution < -0.4 is 25.0 Å². The molecule has 3 aromatic carbocycles. The number of fused-ring (bicyclic) bond motifs is 1. The highest BCUT2D eigenvalue weighted by molar-refractivity contribution is 6.54. The maximum absolute atomic E-state index is 12.2. The molecule has 0 radical (unpaired) electrons. The fourth-order valence-electron chi connectivity index (χ4n) is 5.82. The number of hydrogen-bond acceptors (Lipinski definition) is 8. The van der Waals surface area contributed by atoms with Gasteiger partial charge in [0.15, 0.2) is 4.84 Å². The number of carbonyl (C=O) groups is 2. The molecule has 2 amide bonds. The largest absolute Gasteiger partial charge is 0.489 e. The van der Waals surface area contributed by atoms with Crippen molar-refractivity contribution < 1.29 is 28.2 Å². The molecule has 312 valence electrons. The van der Waals surface area contributed by atoms with Crippen LogP contribution in [-0.2, 0) is 26.2 Å². The van der Waals surface area contributed by atoms with Crippen LogP contribution in [0.15, 0.2) is 63.8 Å². The zero-order valence-electron chi connectivity index (χ0n) is 33.9. The molecule has 1 aliphatic rings. The molecule has 0 bridgehead atoms. The number of benzene rings is 3. The number of aryl methyl sites for hydroxylation is 2. The Morgan fingerprint density at radius 1 is 1.02 bits per heavy atom. The van der Waals surface area contributed by atoms with Gasteiger partial charge in [-0.3, -0.25) is 9.59 Å². The van der Waals surface area contributed by atoms with Gasteiger partial charge in [0.1, 0.15) is 24.0 Å². The van der Waals surface area contributed by atoms with Crippen LogP contribution in [0.4, 0.5) is 11.4 Å². The number of carbonyl (C=O) groups excluding carboxylic acids is 2. The second-order valence-corrected chi connectivity index (χ2v) is 16.7. The number of para-hydroxylation sites is 3. The lowest BCUT2D eigenvalue weighted by Crippen LogP contribution is -2.47. The van der Waals surface area contributed by atoms with Crippen molar-refractivity contribution in [2.75, 3.05) is 36.0 Å². The van der Waals surface area contributed by atoms with E-state index < -0.39 is 10.6 Å². The summed E-state index contributed by atoms with van der Waals surface area (Å²) >= 11 is 29.3. The third-order valence-corrected chi connectivity index (χ3v) is 9.63. The summed E-state index contributed by atoms with van der Waals surface area (Å²) < 4.78 is 22.6. The van der Waals surface area contributed by atoms with Crippen LogP contribution in [0.5, 0.6) is 11.5 Å². The topological polar surface area (TPSA) is 116 Å². The van der Waals surface area contributed by atoms with Gasteiger partial charge in [-0.05, 0) is 70.4 Å². The van der Waals surface area contributed by atoms with Crippen molar-refractivity contribution in [3.8, 4) is 17.2 Å². The van der Waals surface area contributed by atoms with Crippen molar-refractivity contribution in [2.45, 2.75) is 97.2 Å². The first-order valence-corrected chi connectivity index (χ1v) is 20.5. The van der Waals surface area contributed by atoms with E-state index in [1.54, 1.807) is 23.0 Å². The highest BCUT2D eigenvalue weighted by Gasteiger charge is 2.32. The third kappa shape index (κ3) is 12.5. The predicted octanol–water partition coefficient (Wildman–Crippen LogP) is 9.99. The van der Waals surface area contributed by atoms with Gasteiger partial charge < -0.3 is 28.4 Å². The summed E-state index contributed by atoms with van der Waals surface area (Å²) in [4.78, 5) is 38.4. The van der Waals surface area contributed by atoms with Crippen LogP contribution in [0, 0.1) is 6.92 Å². The number of amides is 2. The van der Waals surface area contributed by atoms with Crippen LogP contribution in [0.1, 0.15) is 72.4 Å². The molecule has 0 N–H and O–H groups in total. The quantitative estimate of drug-likeness (QED) is 0.145. The smallest absolute Gasteiger partial charge is 0.442 e. The van der Waals surface area contributed by atoms with Crippen LogP contribution >= 0.6 is 58.0 Å². The molecule has 16 heteroatoms. The zero-order valence-corrected chi connectivity index (χ0v) is 37.7. The SMILES string of the molecule is CC(C)Oc1cc(-n2nc(C(C)(C)C)oc2=O)c(Cl)cc1Cl.CC1COc2ccccc2N1C(=O)C(Cl)Cl.CCc1cccc(C)c1N(C(=O)CCl)C(C)COC. The number of aromatic nitrogens is 2. The Balaban J connectivity index is 0.000000232. The Morgan fingerprint density at radius 2 is 1.68 bits per heavy atom. The summed E-state index contributed by atoms with van der Waals surface area (Å²) in [6.45, 7) is 18.4. The van der Waals surface area contributed by atoms with Crippen molar-refractivity contribution in [1.82, 2.24) is 9.78 Å². The summed E-state index contributed by atoms with van der Waals surface area (Å²) in [7, 11) is 1.64. The average molecular weight is 889 g/mol. The van der Waals surface area contributed by atoms with Gasteiger partial charge >= 0.3 is 5.76 Å². The first-order valence-electron chi connectivity index (χ1n) is 18.3. The summed E-state index contributed by atoms with van der Waals surface area (Å²) in [6.07, 6.45) is 0.814. The monoisotopic (exact) mass is 886 g/mol. The minimum absolute atomic E-state index is 0.0223.